The van der Waals surface area contributed by atoms with Crippen LogP contribution in [-0.4, -0.2) is 16.8 Å². The second-order valence-corrected chi connectivity index (χ2v) is 4.51. The fourth-order valence-electron chi connectivity index (χ4n) is 2.32. The number of nitrogens with two attached hydrogens (primary N) is 1. The van der Waals surface area contributed by atoms with Gasteiger partial charge >= 0.3 is 0 Å². The molecule has 5 heteroatoms. The predicted molar refractivity (Wildman–Crippen MR) is 73.3 cm³/mol. The van der Waals surface area contributed by atoms with E-state index in [1.807, 2.05) is 6.07 Å². The van der Waals surface area contributed by atoms with Gasteiger partial charge in [0, 0.05) is 23.0 Å². The lowest BCUT2D eigenvalue weighted by molar-refractivity contribution is 0.174. The van der Waals surface area contributed by atoms with Gasteiger partial charge < -0.3 is 20.2 Å². The van der Waals surface area contributed by atoms with E-state index >= 15 is 0 Å². The number of aromatic nitrogens is 2. The zero-order valence-electron chi connectivity index (χ0n) is 11.1. The first-order valence-corrected chi connectivity index (χ1v) is 6.50. The number of benzene rings is 1. The van der Waals surface area contributed by atoms with Crippen molar-refractivity contribution in [3.05, 3.63) is 23.5 Å². The zero-order chi connectivity index (χ0) is 13.4. The quantitative estimate of drug-likeness (QED) is 0.831. The molecule has 0 radical (unpaired) electrons. The monoisotopic (exact) mass is 259 g/mol. The van der Waals surface area contributed by atoms with Crippen LogP contribution in [0.1, 0.15) is 25.2 Å². The molecule has 0 saturated heterocycles. The maximum atomic E-state index is 6.07. The Bertz CT molecular complexity index is 598. The molecule has 0 atom stereocenters. The van der Waals surface area contributed by atoms with Crippen molar-refractivity contribution in [3.63, 3.8) is 0 Å². The first-order valence-electron chi connectivity index (χ1n) is 6.50. The van der Waals surface area contributed by atoms with E-state index in [4.69, 9.17) is 15.2 Å². The average Bonchev–Trinajstić information content (AvgIpc) is 3.02. The average molecular weight is 259 g/mol. The highest BCUT2D eigenvalue weighted by Crippen LogP contribution is 2.39. The van der Waals surface area contributed by atoms with Crippen molar-refractivity contribution in [2.24, 2.45) is 0 Å². The number of anilines is 1. The highest BCUT2D eigenvalue weighted by Gasteiger charge is 2.19. The standard InChI is InChI=1S/C14H17N3O2/c1-3-10-11(4-2)17-14(16-10)8-5-12-13(6-9(8)15)19-7-18-12/h5-6H,3-4,7,15H2,1-2H3,(H,16,17). The Hall–Kier alpha value is -2.17. The molecule has 0 amide bonds. The van der Waals surface area contributed by atoms with E-state index in [2.05, 4.69) is 23.8 Å². The lowest BCUT2D eigenvalue weighted by Gasteiger charge is -2.04. The summed E-state index contributed by atoms with van der Waals surface area (Å²) in [6.07, 6.45) is 1.84. The Morgan fingerprint density at radius 1 is 1.21 bits per heavy atom. The molecule has 1 aliphatic heterocycles. The predicted octanol–water partition coefficient (Wildman–Crippen LogP) is 2.51. The fourth-order valence-corrected chi connectivity index (χ4v) is 2.32. The van der Waals surface area contributed by atoms with Crippen LogP contribution in [0, 0.1) is 0 Å². The Kier molecular flexibility index (Phi) is 2.81. The molecule has 0 unspecified atom stereocenters. The van der Waals surface area contributed by atoms with Crippen LogP contribution in [0.4, 0.5) is 5.69 Å². The van der Waals surface area contributed by atoms with Gasteiger partial charge in [0.1, 0.15) is 5.82 Å². The van der Waals surface area contributed by atoms with Gasteiger partial charge in [-0.15, -0.1) is 0 Å². The summed E-state index contributed by atoms with van der Waals surface area (Å²) in [5.74, 6) is 2.21. The van der Waals surface area contributed by atoms with Gasteiger partial charge in [-0.2, -0.15) is 0 Å². The lowest BCUT2D eigenvalue weighted by Crippen LogP contribution is -1.92. The number of aromatic amines is 1. The molecule has 3 N–H and O–H groups in total. The molecule has 0 fully saturated rings. The third-order valence-corrected chi connectivity index (χ3v) is 3.35. The van der Waals surface area contributed by atoms with Crippen LogP contribution in [0.25, 0.3) is 11.4 Å². The van der Waals surface area contributed by atoms with Crippen molar-refractivity contribution in [2.75, 3.05) is 12.5 Å². The van der Waals surface area contributed by atoms with Gasteiger partial charge in [-0.05, 0) is 18.9 Å². The molecule has 0 aliphatic carbocycles. The Balaban J connectivity index is 2.09. The van der Waals surface area contributed by atoms with Crippen LogP contribution in [0.15, 0.2) is 12.1 Å². The molecule has 19 heavy (non-hydrogen) atoms. The van der Waals surface area contributed by atoms with Crippen LogP contribution in [0.2, 0.25) is 0 Å². The summed E-state index contributed by atoms with van der Waals surface area (Å²) < 4.78 is 10.7. The van der Waals surface area contributed by atoms with Gasteiger partial charge in [0.25, 0.3) is 0 Å². The Morgan fingerprint density at radius 3 is 2.58 bits per heavy atom. The van der Waals surface area contributed by atoms with Crippen molar-refractivity contribution in [1.82, 2.24) is 9.97 Å². The maximum absolute atomic E-state index is 6.07. The number of nitrogen functional groups attached to an aromatic ring is 1. The largest absolute Gasteiger partial charge is 0.454 e. The molecule has 0 spiro atoms. The van der Waals surface area contributed by atoms with Crippen LogP contribution >= 0.6 is 0 Å². The molecule has 3 rings (SSSR count). The molecule has 1 aromatic carbocycles. The topological polar surface area (TPSA) is 73.2 Å². The first-order chi connectivity index (χ1) is 9.22. The summed E-state index contributed by atoms with van der Waals surface area (Å²) in [7, 11) is 0. The van der Waals surface area contributed by atoms with Gasteiger partial charge in [-0.25, -0.2) is 4.98 Å². The van der Waals surface area contributed by atoms with Crippen molar-refractivity contribution in [1.29, 1.82) is 0 Å². The third-order valence-electron chi connectivity index (χ3n) is 3.35. The van der Waals surface area contributed by atoms with E-state index in [1.165, 1.54) is 0 Å². The molecule has 1 aromatic heterocycles. The number of rotatable bonds is 3. The van der Waals surface area contributed by atoms with Crippen LogP contribution in [-0.2, 0) is 12.8 Å². The number of nitrogens with one attached hydrogen (secondary N) is 1. The van der Waals surface area contributed by atoms with E-state index in [-0.39, 0.29) is 6.79 Å². The lowest BCUT2D eigenvalue weighted by atomic mass is 10.1. The number of hydrogen-bond donors (Lipinski definition) is 2. The molecular weight excluding hydrogens is 242 g/mol. The highest BCUT2D eigenvalue weighted by atomic mass is 16.7. The summed E-state index contributed by atoms with van der Waals surface area (Å²) in [4.78, 5) is 7.97. The van der Waals surface area contributed by atoms with Gasteiger partial charge in [0.05, 0.1) is 5.69 Å². The molecular formula is C14H17N3O2. The summed E-state index contributed by atoms with van der Waals surface area (Å²) in [6, 6.07) is 3.67. The van der Waals surface area contributed by atoms with Crippen LogP contribution < -0.4 is 15.2 Å². The smallest absolute Gasteiger partial charge is 0.231 e. The maximum Gasteiger partial charge on any atom is 0.231 e. The second-order valence-electron chi connectivity index (χ2n) is 4.51. The molecule has 2 aromatic rings. The van der Waals surface area contributed by atoms with Gasteiger partial charge in [-0.3, -0.25) is 0 Å². The molecule has 2 heterocycles. The van der Waals surface area contributed by atoms with Crippen LogP contribution in [0.5, 0.6) is 11.5 Å². The minimum absolute atomic E-state index is 0.247. The van der Waals surface area contributed by atoms with Crippen molar-refractivity contribution in [2.45, 2.75) is 26.7 Å². The van der Waals surface area contributed by atoms with E-state index in [9.17, 15) is 0 Å². The molecule has 0 saturated carbocycles. The SMILES string of the molecule is CCc1nc(-c2cc3c(cc2N)OCO3)[nH]c1CC. The fraction of sp³-hybridized carbons (Fsp3) is 0.357. The van der Waals surface area contributed by atoms with E-state index in [1.54, 1.807) is 6.07 Å². The van der Waals surface area contributed by atoms with Crippen molar-refractivity contribution >= 4 is 5.69 Å². The summed E-state index contributed by atoms with van der Waals surface area (Å²) >= 11 is 0. The van der Waals surface area contributed by atoms with Gasteiger partial charge in [0.15, 0.2) is 11.5 Å². The molecule has 5 nitrogen and oxygen atoms in total. The Labute approximate surface area is 111 Å². The van der Waals surface area contributed by atoms with Crippen LogP contribution in [0.3, 0.4) is 0 Å². The number of H-pyrrole nitrogens is 1. The second kappa shape index (κ2) is 4.50. The van der Waals surface area contributed by atoms with Crippen molar-refractivity contribution in [3.8, 4) is 22.9 Å². The molecule has 0 bridgehead atoms. The van der Waals surface area contributed by atoms with E-state index in [0.29, 0.717) is 11.4 Å². The van der Waals surface area contributed by atoms with Gasteiger partial charge in [-0.1, -0.05) is 13.8 Å². The van der Waals surface area contributed by atoms with E-state index in [0.717, 1.165) is 41.4 Å². The first kappa shape index (κ1) is 11.9. The number of imidazole rings is 1. The molecule has 1 aliphatic rings. The van der Waals surface area contributed by atoms with Crippen molar-refractivity contribution < 1.29 is 9.47 Å². The number of fused-ring (bicyclic) bond motifs is 1. The van der Waals surface area contributed by atoms with Gasteiger partial charge in [0.2, 0.25) is 6.79 Å². The minimum atomic E-state index is 0.247. The van der Waals surface area contributed by atoms with E-state index < -0.39 is 0 Å². The highest BCUT2D eigenvalue weighted by molar-refractivity contribution is 5.76. The number of ether oxygens (including phenoxy) is 2. The number of nitrogens with zero attached hydrogens (tertiary/aromatic N) is 1. The zero-order valence-corrected chi connectivity index (χ0v) is 11.1. The number of aryl methyl sites for hydroxylation is 2. The number of hydrogen-bond acceptors (Lipinski definition) is 4. The molecule has 100 valence electrons. The summed E-state index contributed by atoms with van der Waals surface area (Å²) in [6.45, 7) is 4.46. The Morgan fingerprint density at radius 2 is 1.95 bits per heavy atom. The summed E-state index contributed by atoms with van der Waals surface area (Å²) in [5, 5.41) is 0. The summed E-state index contributed by atoms with van der Waals surface area (Å²) in [5.41, 5.74) is 9.83. The minimum Gasteiger partial charge on any atom is -0.454 e. The normalized spacial score (nSPS) is 12.9. The third kappa shape index (κ3) is 1.91.